The first-order valence-corrected chi connectivity index (χ1v) is 9.82. The van der Waals surface area contributed by atoms with Crippen molar-refractivity contribution in [2.45, 2.75) is 12.1 Å². The van der Waals surface area contributed by atoms with E-state index in [1.807, 2.05) is 0 Å². The number of benzene rings is 3. The van der Waals surface area contributed by atoms with Crippen molar-refractivity contribution in [1.82, 2.24) is 0 Å². The highest BCUT2D eigenvalue weighted by atomic mass is 19.4. The molecule has 1 heterocycles. The van der Waals surface area contributed by atoms with Gasteiger partial charge in [-0.3, -0.25) is 4.79 Å². The van der Waals surface area contributed by atoms with E-state index in [1.165, 1.54) is 18.2 Å². The highest BCUT2D eigenvalue weighted by Gasteiger charge is 2.33. The normalized spacial score (nSPS) is 15.3. The van der Waals surface area contributed by atoms with Gasteiger partial charge in [0.2, 0.25) is 0 Å². The number of alkyl halides is 3. The summed E-state index contributed by atoms with van der Waals surface area (Å²) in [5.41, 5.74) is 1.64. The van der Waals surface area contributed by atoms with E-state index >= 15 is 0 Å². The molecule has 0 fully saturated rings. The molecule has 0 spiro atoms. The molecule has 0 aliphatic heterocycles. The van der Waals surface area contributed by atoms with Crippen LogP contribution in [0.25, 0.3) is 22.6 Å². The van der Waals surface area contributed by atoms with Gasteiger partial charge < -0.3 is 4.42 Å². The van der Waals surface area contributed by atoms with Crippen LogP contribution in [0.2, 0.25) is 0 Å². The molecule has 1 atom stereocenters. The van der Waals surface area contributed by atoms with Gasteiger partial charge >= 0.3 is 6.18 Å². The van der Waals surface area contributed by atoms with E-state index in [9.17, 15) is 23.2 Å². The predicted molar refractivity (Wildman–Crippen MR) is 115 cm³/mol. The SMILES string of the molecule is N#CC1=Cc2c(oc3ccccc3c2=O)C(c2ccc(C(F)(F)F)cc2)c2ccccc21. The summed E-state index contributed by atoms with van der Waals surface area (Å²) < 4.78 is 45.6. The van der Waals surface area contributed by atoms with Gasteiger partial charge in [0.25, 0.3) is 0 Å². The number of nitriles is 1. The van der Waals surface area contributed by atoms with Crippen molar-refractivity contribution < 1.29 is 17.6 Å². The number of halogens is 3. The first-order valence-electron chi connectivity index (χ1n) is 9.82. The Labute approximate surface area is 180 Å². The van der Waals surface area contributed by atoms with Gasteiger partial charge in [-0.15, -0.1) is 0 Å². The molecule has 0 N–H and O–H groups in total. The molecule has 0 amide bonds. The molecule has 1 aliphatic carbocycles. The van der Waals surface area contributed by atoms with Gasteiger partial charge in [-0.1, -0.05) is 48.5 Å². The fourth-order valence-electron chi connectivity index (χ4n) is 4.17. The highest BCUT2D eigenvalue weighted by molar-refractivity contribution is 5.94. The molecule has 0 saturated heterocycles. The Morgan fingerprint density at radius 2 is 1.59 bits per heavy atom. The number of hydrogen-bond donors (Lipinski definition) is 0. The van der Waals surface area contributed by atoms with E-state index in [0.29, 0.717) is 39.0 Å². The minimum atomic E-state index is -4.46. The topological polar surface area (TPSA) is 54.0 Å². The molecule has 0 radical (unpaired) electrons. The van der Waals surface area contributed by atoms with E-state index in [-0.39, 0.29) is 11.0 Å². The largest absolute Gasteiger partial charge is 0.459 e. The molecule has 0 bridgehead atoms. The van der Waals surface area contributed by atoms with Crippen LogP contribution in [-0.4, -0.2) is 0 Å². The van der Waals surface area contributed by atoms with E-state index in [1.54, 1.807) is 48.5 Å². The Bertz CT molecular complexity index is 1490. The second-order valence-corrected chi connectivity index (χ2v) is 7.52. The minimum Gasteiger partial charge on any atom is -0.459 e. The number of para-hydroxylation sites is 1. The molecule has 1 aromatic heterocycles. The number of rotatable bonds is 1. The van der Waals surface area contributed by atoms with Crippen molar-refractivity contribution in [2.24, 2.45) is 0 Å². The summed E-state index contributed by atoms with van der Waals surface area (Å²) in [7, 11) is 0. The molecule has 3 nitrogen and oxygen atoms in total. The number of nitrogens with zero attached hydrogens (tertiary/aromatic N) is 1. The summed E-state index contributed by atoms with van der Waals surface area (Å²) in [6.45, 7) is 0. The van der Waals surface area contributed by atoms with Crippen molar-refractivity contribution in [2.75, 3.05) is 0 Å². The lowest BCUT2D eigenvalue weighted by Crippen LogP contribution is -2.14. The Morgan fingerprint density at radius 3 is 2.31 bits per heavy atom. The van der Waals surface area contributed by atoms with E-state index in [0.717, 1.165) is 12.1 Å². The minimum absolute atomic E-state index is 0.223. The zero-order valence-corrected chi connectivity index (χ0v) is 16.5. The Hall–Kier alpha value is -4.11. The first-order chi connectivity index (χ1) is 15.4. The van der Waals surface area contributed by atoms with E-state index in [4.69, 9.17) is 4.42 Å². The summed E-state index contributed by atoms with van der Waals surface area (Å²) in [5.74, 6) is -0.367. The lowest BCUT2D eigenvalue weighted by molar-refractivity contribution is -0.137. The Balaban J connectivity index is 1.86. The Morgan fingerprint density at radius 1 is 0.906 bits per heavy atom. The average Bonchev–Trinajstić information content (AvgIpc) is 2.93. The van der Waals surface area contributed by atoms with Crippen LogP contribution in [0.1, 0.15) is 39.5 Å². The lowest BCUT2D eigenvalue weighted by Gasteiger charge is -2.20. The lowest BCUT2D eigenvalue weighted by atomic mass is 9.85. The van der Waals surface area contributed by atoms with Gasteiger partial charge in [-0.2, -0.15) is 18.4 Å². The van der Waals surface area contributed by atoms with Gasteiger partial charge in [0.15, 0.2) is 5.43 Å². The quantitative estimate of drug-likeness (QED) is 0.353. The second-order valence-electron chi connectivity index (χ2n) is 7.52. The summed E-state index contributed by atoms with van der Waals surface area (Å²) in [6, 6.07) is 20.9. The molecule has 0 saturated carbocycles. The van der Waals surface area contributed by atoms with Crippen molar-refractivity contribution in [3.05, 3.63) is 117 Å². The maximum absolute atomic E-state index is 13.3. The number of fused-ring (bicyclic) bond motifs is 3. The standard InChI is InChI=1S/C26H14F3NO2/c27-26(28,29)17-11-9-15(10-12-17)23-19-6-2-1-5-18(19)16(14-30)13-21-24(31)20-7-3-4-8-22(20)32-25(21)23/h1-13,23H. The summed E-state index contributed by atoms with van der Waals surface area (Å²) in [4.78, 5) is 13.3. The summed E-state index contributed by atoms with van der Waals surface area (Å²) >= 11 is 0. The Kier molecular flexibility index (Phi) is 4.49. The average molecular weight is 429 g/mol. The molecule has 6 heteroatoms. The van der Waals surface area contributed by atoms with Crippen molar-refractivity contribution in [1.29, 1.82) is 5.26 Å². The van der Waals surface area contributed by atoms with Crippen LogP contribution in [0, 0.1) is 11.3 Å². The maximum atomic E-state index is 13.3. The third-order valence-corrected chi connectivity index (χ3v) is 5.67. The third kappa shape index (κ3) is 3.10. The fourth-order valence-corrected chi connectivity index (χ4v) is 4.17. The summed E-state index contributed by atoms with van der Waals surface area (Å²) in [5, 5.41) is 10.2. The van der Waals surface area contributed by atoms with Crippen molar-refractivity contribution >= 4 is 22.6 Å². The fraction of sp³-hybridized carbons (Fsp3) is 0.0769. The highest BCUT2D eigenvalue weighted by Crippen LogP contribution is 2.42. The number of allylic oxidation sites excluding steroid dienone is 1. The smallest absolute Gasteiger partial charge is 0.416 e. The molecule has 1 aliphatic rings. The van der Waals surface area contributed by atoms with Gasteiger partial charge in [-0.25, -0.2) is 0 Å². The maximum Gasteiger partial charge on any atom is 0.416 e. The van der Waals surface area contributed by atoms with Crippen LogP contribution >= 0.6 is 0 Å². The van der Waals surface area contributed by atoms with Crippen LogP contribution in [-0.2, 0) is 6.18 Å². The van der Waals surface area contributed by atoms with Crippen LogP contribution < -0.4 is 5.43 Å². The zero-order valence-electron chi connectivity index (χ0n) is 16.5. The predicted octanol–water partition coefficient (Wildman–Crippen LogP) is 6.37. The summed E-state index contributed by atoms with van der Waals surface area (Å²) in [6.07, 6.45) is -2.95. The molecule has 32 heavy (non-hydrogen) atoms. The molecule has 156 valence electrons. The van der Waals surface area contributed by atoms with Crippen LogP contribution in [0.4, 0.5) is 13.2 Å². The molecule has 1 unspecified atom stereocenters. The molecule has 4 aromatic rings. The molecular weight excluding hydrogens is 415 g/mol. The van der Waals surface area contributed by atoms with Gasteiger partial charge in [0.1, 0.15) is 11.3 Å². The van der Waals surface area contributed by atoms with Crippen LogP contribution in [0.5, 0.6) is 0 Å². The number of hydrogen-bond acceptors (Lipinski definition) is 3. The van der Waals surface area contributed by atoms with Crippen LogP contribution in [0.3, 0.4) is 0 Å². The van der Waals surface area contributed by atoms with E-state index < -0.39 is 17.7 Å². The molecular formula is C26H14F3NO2. The monoisotopic (exact) mass is 429 g/mol. The molecule has 3 aromatic carbocycles. The van der Waals surface area contributed by atoms with Gasteiger partial charge in [-0.05, 0) is 47.0 Å². The van der Waals surface area contributed by atoms with E-state index in [2.05, 4.69) is 6.07 Å². The zero-order chi connectivity index (χ0) is 22.5. The van der Waals surface area contributed by atoms with Crippen molar-refractivity contribution in [3.63, 3.8) is 0 Å². The molecule has 5 rings (SSSR count). The van der Waals surface area contributed by atoms with Gasteiger partial charge in [0.05, 0.1) is 34.1 Å². The van der Waals surface area contributed by atoms with Crippen molar-refractivity contribution in [3.8, 4) is 6.07 Å². The second kappa shape index (κ2) is 7.24. The first kappa shape index (κ1) is 19.8. The van der Waals surface area contributed by atoms with Crippen LogP contribution in [0.15, 0.2) is 82.0 Å². The van der Waals surface area contributed by atoms with Gasteiger partial charge in [0, 0.05) is 0 Å². The third-order valence-electron chi connectivity index (χ3n) is 5.67.